The summed E-state index contributed by atoms with van der Waals surface area (Å²) in [5, 5.41) is 0. The minimum absolute atomic E-state index is 0. The Morgan fingerprint density at radius 2 is 0.500 bits per heavy atom. The van der Waals surface area contributed by atoms with Crippen molar-refractivity contribution in [1.29, 1.82) is 0 Å². The van der Waals surface area contributed by atoms with Gasteiger partial charge < -0.3 is 0 Å². The molecule has 0 saturated heterocycles. The van der Waals surface area contributed by atoms with Gasteiger partial charge in [-0.05, 0) is 0 Å². The Balaban J connectivity index is 0. The van der Waals surface area contributed by atoms with Crippen LogP contribution >= 0.6 is 0 Å². The molecule has 0 rings (SSSR count). The number of rotatable bonds is 0. The predicted molar refractivity (Wildman–Crippen MR) is 0 cm³/mol. The maximum Gasteiger partial charge on any atom is 0 e. The fraction of sp³-hybridized carbons (Fsp3) is 0. The second kappa shape index (κ2) is 15.7. The van der Waals surface area contributed by atoms with Gasteiger partial charge in [-0.25, -0.2) is 0 Å². The Hall–Kier alpha value is 5.01. The molecule has 0 saturated carbocycles. The van der Waals surface area contributed by atoms with E-state index < -0.39 is 0 Å². The molecule has 0 amide bonds. The SMILES string of the molecule is [Ce].[Ce].[Ce].[Zr]. The Labute approximate surface area is 146 Å². The van der Waals surface area contributed by atoms with Gasteiger partial charge in [0, 0.05) is 151 Å². The molecule has 0 fully saturated rings. The van der Waals surface area contributed by atoms with Crippen LogP contribution in [0.5, 0.6) is 0 Å². The molecule has 0 aliphatic carbocycles. The van der Waals surface area contributed by atoms with Gasteiger partial charge in [-0.2, -0.15) is 0 Å². The maximum atomic E-state index is 0. The summed E-state index contributed by atoms with van der Waals surface area (Å²) in [5.41, 5.74) is 0. The van der Waals surface area contributed by atoms with Gasteiger partial charge in [0.1, 0.15) is 0 Å². The van der Waals surface area contributed by atoms with E-state index in [-0.39, 0.29) is 151 Å². The molecule has 0 bridgehead atoms. The molecule has 16 valence electrons. The molecule has 0 aliphatic heterocycles. The van der Waals surface area contributed by atoms with Crippen LogP contribution in [0, 0.1) is 125 Å². The first kappa shape index (κ1) is 23.0. The standard InChI is InChI=1S/3Ce.Zr. The van der Waals surface area contributed by atoms with E-state index in [1.54, 1.807) is 0 Å². The van der Waals surface area contributed by atoms with Crippen LogP contribution < -0.4 is 0 Å². The van der Waals surface area contributed by atoms with E-state index in [4.69, 9.17) is 0 Å². The molecule has 0 aliphatic rings. The van der Waals surface area contributed by atoms with Crippen LogP contribution in [0.3, 0.4) is 0 Å². The topological polar surface area (TPSA) is 0 Å². The van der Waals surface area contributed by atoms with Crippen molar-refractivity contribution >= 4 is 0 Å². The summed E-state index contributed by atoms with van der Waals surface area (Å²) in [6.07, 6.45) is 0. The zero-order valence-corrected chi connectivity index (χ0v) is 13.9. The third kappa shape index (κ3) is 10.1. The van der Waals surface area contributed by atoms with E-state index >= 15 is 0 Å². The molecule has 0 unspecified atom stereocenters. The molecular formula is Ce3Zr. The van der Waals surface area contributed by atoms with Gasteiger partial charge in [-0.15, -0.1) is 0 Å². The number of hydrogen-bond acceptors (Lipinski definition) is 0. The molecule has 0 N–H and O–H groups in total. The minimum Gasteiger partial charge on any atom is 0 e. The summed E-state index contributed by atoms with van der Waals surface area (Å²) in [5.74, 6) is 0. The predicted octanol–water partition coefficient (Wildman–Crippen LogP) is -0.00250. The fourth-order valence-electron chi connectivity index (χ4n) is 0. The first-order chi connectivity index (χ1) is 0. The maximum absolute atomic E-state index is 0. The Kier molecular flexibility index (Phi) is 90.3. The van der Waals surface area contributed by atoms with Gasteiger partial charge in [0.2, 0.25) is 0 Å². The smallest absolute Gasteiger partial charge is 0 e. The summed E-state index contributed by atoms with van der Waals surface area (Å²) in [7, 11) is 0. The third-order valence-corrected chi connectivity index (χ3v) is 0. The van der Waals surface area contributed by atoms with E-state index in [0.717, 1.165) is 0 Å². The van der Waals surface area contributed by atoms with Crippen molar-refractivity contribution in [2.75, 3.05) is 0 Å². The summed E-state index contributed by atoms with van der Waals surface area (Å²) in [4.78, 5) is 0. The van der Waals surface area contributed by atoms with Crippen LogP contribution in [0.25, 0.3) is 0 Å². The van der Waals surface area contributed by atoms with E-state index in [2.05, 4.69) is 0 Å². The van der Waals surface area contributed by atoms with E-state index in [1.165, 1.54) is 0 Å². The summed E-state index contributed by atoms with van der Waals surface area (Å²) >= 11 is 0. The molecule has 0 spiro atoms. The molecule has 4 heavy (non-hydrogen) atoms. The molecule has 0 nitrogen and oxygen atoms in total. The minimum atomic E-state index is 0. The molecule has 0 aromatic rings. The zero-order valence-electron chi connectivity index (χ0n) is 2.00. The molecule has 0 atom stereocenters. The second-order valence-corrected chi connectivity index (χ2v) is 0. The van der Waals surface area contributed by atoms with Crippen molar-refractivity contribution < 1.29 is 151 Å². The van der Waals surface area contributed by atoms with Gasteiger partial charge in [0.25, 0.3) is 0 Å². The molecular weight excluding hydrogens is 512 g/mol. The van der Waals surface area contributed by atoms with Crippen molar-refractivity contribution in [3.05, 3.63) is 0 Å². The summed E-state index contributed by atoms with van der Waals surface area (Å²) < 4.78 is 0. The average Bonchev–Trinajstić information content (AvgIpc) is 0. The Bertz CT molecular complexity index is 3.25. The van der Waals surface area contributed by atoms with E-state index in [9.17, 15) is 0 Å². The molecule has 0 radical (unpaired) electrons. The van der Waals surface area contributed by atoms with Crippen LogP contribution in [-0.2, 0) is 26.2 Å². The van der Waals surface area contributed by atoms with Crippen LogP contribution in [0.2, 0.25) is 0 Å². The Morgan fingerprint density at radius 1 is 0.500 bits per heavy atom. The van der Waals surface area contributed by atoms with Crippen LogP contribution in [0.1, 0.15) is 0 Å². The van der Waals surface area contributed by atoms with Crippen molar-refractivity contribution in [1.82, 2.24) is 0 Å². The van der Waals surface area contributed by atoms with Crippen LogP contribution in [-0.4, -0.2) is 0 Å². The average molecular weight is 512 g/mol. The fourth-order valence-corrected chi connectivity index (χ4v) is 0. The van der Waals surface area contributed by atoms with Crippen LogP contribution in [0.4, 0.5) is 0 Å². The van der Waals surface area contributed by atoms with E-state index in [0.29, 0.717) is 0 Å². The quantitative estimate of drug-likeness (QED) is 0.430. The van der Waals surface area contributed by atoms with Crippen LogP contribution in [0.15, 0.2) is 0 Å². The first-order valence-electron chi connectivity index (χ1n) is 0. The van der Waals surface area contributed by atoms with Gasteiger partial charge in [-0.3, -0.25) is 0 Å². The summed E-state index contributed by atoms with van der Waals surface area (Å²) in [6, 6.07) is 0. The molecule has 4 heteroatoms. The molecule has 0 heterocycles. The van der Waals surface area contributed by atoms with Gasteiger partial charge in [-0.1, -0.05) is 0 Å². The monoisotopic (exact) mass is 510 g/mol. The van der Waals surface area contributed by atoms with Crippen molar-refractivity contribution in [3.8, 4) is 0 Å². The first-order valence-corrected chi connectivity index (χ1v) is 0. The number of hydrogen-bond donors (Lipinski definition) is 0. The van der Waals surface area contributed by atoms with Crippen molar-refractivity contribution in [3.63, 3.8) is 0 Å². The van der Waals surface area contributed by atoms with Gasteiger partial charge >= 0.3 is 0 Å². The summed E-state index contributed by atoms with van der Waals surface area (Å²) in [6.45, 7) is 0. The second-order valence-electron chi connectivity index (χ2n) is 0. The van der Waals surface area contributed by atoms with Gasteiger partial charge in [0.05, 0.1) is 0 Å². The molecule has 0 aromatic carbocycles. The van der Waals surface area contributed by atoms with Crippen molar-refractivity contribution in [2.45, 2.75) is 0 Å². The largest absolute Gasteiger partial charge is 0 e. The van der Waals surface area contributed by atoms with E-state index in [1.807, 2.05) is 0 Å². The molecule has 0 aromatic heterocycles. The van der Waals surface area contributed by atoms with Gasteiger partial charge in [0.15, 0.2) is 0 Å². The third-order valence-electron chi connectivity index (χ3n) is 0. The zero-order chi connectivity index (χ0) is 0. The van der Waals surface area contributed by atoms with Crippen molar-refractivity contribution in [2.24, 2.45) is 0 Å². The Morgan fingerprint density at radius 3 is 0.500 bits per heavy atom. The normalized spacial score (nSPS) is 0.